The van der Waals surface area contributed by atoms with Gasteiger partial charge in [0.15, 0.2) is 6.54 Å². The number of nitrogens with two attached hydrogens (primary N) is 1. The summed E-state index contributed by atoms with van der Waals surface area (Å²) < 4.78 is 4.33. The smallest absolute Gasteiger partial charge is 0.413 e. The molecule has 0 aliphatic carbocycles. The van der Waals surface area contributed by atoms with Crippen molar-refractivity contribution >= 4 is 23.6 Å². The number of hydrogen-bond acceptors (Lipinski definition) is 3. The van der Waals surface area contributed by atoms with Gasteiger partial charge in [0, 0.05) is 10.6 Å². The predicted molar refractivity (Wildman–Crippen MR) is 67.2 cm³/mol. The number of rotatable bonds is 4. The Bertz CT molecular complexity index is 437. The highest BCUT2D eigenvalue weighted by Crippen LogP contribution is 2.19. The summed E-state index contributed by atoms with van der Waals surface area (Å²) >= 11 is 6.05. The maximum absolute atomic E-state index is 11.4. The molecule has 98 valence electrons. The second kappa shape index (κ2) is 6.98. The van der Waals surface area contributed by atoms with E-state index in [1.165, 1.54) is 7.11 Å². The molecule has 0 unspecified atom stereocenters. The van der Waals surface area contributed by atoms with Crippen molar-refractivity contribution in [1.82, 2.24) is 5.32 Å². The largest absolute Gasteiger partial charge is 0.453 e. The van der Waals surface area contributed by atoms with Crippen molar-refractivity contribution in [1.29, 1.82) is 0 Å². The molecule has 18 heavy (non-hydrogen) atoms. The van der Waals surface area contributed by atoms with E-state index in [0.717, 1.165) is 5.56 Å². The van der Waals surface area contributed by atoms with Crippen molar-refractivity contribution in [3.8, 4) is 0 Å². The Morgan fingerprint density at radius 3 is 2.72 bits per heavy atom. The van der Waals surface area contributed by atoms with E-state index in [4.69, 9.17) is 11.6 Å². The summed E-state index contributed by atoms with van der Waals surface area (Å²) in [7, 11) is 1.21. The van der Waals surface area contributed by atoms with E-state index in [2.05, 4.69) is 10.1 Å². The van der Waals surface area contributed by atoms with Crippen LogP contribution in [0.1, 0.15) is 18.5 Å². The van der Waals surface area contributed by atoms with Crippen molar-refractivity contribution in [3.05, 3.63) is 34.9 Å². The van der Waals surface area contributed by atoms with Gasteiger partial charge in [-0.05, 0) is 13.0 Å². The summed E-state index contributed by atoms with van der Waals surface area (Å²) in [5.74, 6) is -0.402. The van der Waals surface area contributed by atoms with E-state index in [-0.39, 0.29) is 12.6 Å². The summed E-state index contributed by atoms with van der Waals surface area (Å²) in [4.78, 5) is 22.2. The lowest BCUT2D eigenvalue weighted by Crippen LogP contribution is -2.87. The molecule has 0 aromatic heterocycles. The second-order valence-corrected chi connectivity index (χ2v) is 4.20. The topological polar surface area (TPSA) is 72.0 Å². The molecule has 5 nitrogen and oxygen atoms in total. The minimum atomic E-state index is -0.751. The maximum atomic E-state index is 11.4. The number of carbonyl (C=O) groups is 2. The van der Waals surface area contributed by atoms with Gasteiger partial charge in [0.1, 0.15) is 6.04 Å². The molecule has 0 heterocycles. The molecule has 0 bridgehead atoms. The number of benzene rings is 1. The van der Waals surface area contributed by atoms with E-state index in [1.807, 2.05) is 25.1 Å². The number of carbonyl (C=O) groups excluding carboxylic acids is 2. The Kier molecular flexibility index (Phi) is 5.61. The number of nitrogens with one attached hydrogen (secondary N) is 1. The Labute approximate surface area is 110 Å². The summed E-state index contributed by atoms with van der Waals surface area (Å²) in [6.07, 6.45) is -0.751. The summed E-state index contributed by atoms with van der Waals surface area (Å²) in [6.45, 7) is 2.06. The third-order valence-electron chi connectivity index (χ3n) is 2.48. The zero-order chi connectivity index (χ0) is 13.5. The summed E-state index contributed by atoms with van der Waals surface area (Å²) in [5.41, 5.74) is 0.949. The van der Waals surface area contributed by atoms with Gasteiger partial charge < -0.3 is 10.1 Å². The number of imide groups is 1. The van der Waals surface area contributed by atoms with E-state index >= 15 is 0 Å². The van der Waals surface area contributed by atoms with Gasteiger partial charge in [-0.3, -0.25) is 10.1 Å². The quantitative estimate of drug-likeness (QED) is 0.853. The monoisotopic (exact) mass is 271 g/mol. The van der Waals surface area contributed by atoms with Crippen molar-refractivity contribution in [2.45, 2.75) is 13.0 Å². The molecule has 0 saturated carbocycles. The lowest BCUT2D eigenvalue weighted by atomic mass is 10.1. The first-order valence-corrected chi connectivity index (χ1v) is 5.88. The van der Waals surface area contributed by atoms with Crippen LogP contribution in [0.3, 0.4) is 0 Å². The highest BCUT2D eigenvalue weighted by Gasteiger charge is 2.15. The van der Waals surface area contributed by atoms with Gasteiger partial charge in [-0.15, -0.1) is 0 Å². The molecule has 1 atom stereocenters. The first-order chi connectivity index (χ1) is 8.54. The molecule has 1 aromatic carbocycles. The number of hydrogen-bond donors (Lipinski definition) is 2. The van der Waals surface area contributed by atoms with Crippen molar-refractivity contribution in [2.24, 2.45) is 0 Å². The van der Waals surface area contributed by atoms with Crippen molar-refractivity contribution < 1.29 is 19.6 Å². The first-order valence-electron chi connectivity index (χ1n) is 5.50. The van der Waals surface area contributed by atoms with E-state index in [9.17, 15) is 9.59 Å². The van der Waals surface area contributed by atoms with E-state index in [1.54, 1.807) is 11.4 Å². The van der Waals surface area contributed by atoms with Crippen LogP contribution < -0.4 is 10.6 Å². The van der Waals surface area contributed by atoms with Crippen LogP contribution in [0.2, 0.25) is 5.02 Å². The standard InChI is InChI=1S/C12H15ClN2O3/c1-8(9-5-3-4-6-10(9)13)14-7-11(16)15-12(17)18-2/h3-6,8,14H,7H2,1-2H3,(H,15,16,17)/p+1/t8-/m0/s1. The average molecular weight is 272 g/mol. The third-order valence-corrected chi connectivity index (χ3v) is 2.82. The summed E-state index contributed by atoms with van der Waals surface area (Å²) in [5, 5.41) is 4.54. The van der Waals surface area contributed by atoms with Crippen LogP contribution in [-0.4, -0.2) is 25.7 Å². The lowest BCUT2D eigenvalue weighted by molar-refractivity contribution is -0.682. The van der Waals surface area contributed by atoms with Crippen LogP contribution in [0, 0.1) is 0 Å². The number of alkyl carbamates (subject to hydrolysis) is 1. The van der Waals surface area contributed by atoms with Crippen molar-refractivity contribution in [3.63, 3.8) is 0 Å². The Hall–Kier alpha value is -1.59. The third kappa shape index (κ3) is 4.35. The highest BCUT2D eigenvalue weighted by atomic mass is 35.5. The molecule has 3 N–H and O–H groups in total. The highest BCUT2D eigenvalue weighted by molar-refractivity contribution is 6.31. The Balaban J connectivity index is 2.47. The fraction of sp³-hybridized carbons (Fsp3) is 0.333. The number of amides is 2. The molecule has 1 aromatic rings. The molecule has 0 aliphatic heterocycles. The molecule has 0 saturated heterocycles. The van der Waals surface area contributed by atoms with Gasteiger partial charge in [0.2, 0.25) is 0 Å². The van der Waals surface area contributed by atoms with Crippen LogP contribution in [-0.2, 0) is 9.53 Å². The Morgan fingerprint density at radius 1 is 1.44 bits per heavy atom. The molecule has 6 heteroatoms. The van der Waals surface area contributed by atoms with Gasteiger partial charge in [0.25, 0.3) is 5.91 Å². The molecule has 0 aliphatic rings. The minimum absolute atomic E-state index is 0.0297. The maximum Gasteiger partial charge on any atom is 0.413 e. The molecular formula is C12H16ClN2O3+. The number of methoxy groups -OCH3 is 1. The second-order valence-electron chi connectivity index (χ2n) is 3.79. The van der Waals surface area contributed by atoms with E-state index in [0.29, 0.717) is 5.02 Å². The molecule has 0 fully saturated rings. The normalized spacial score (nSPS) is 11.7. The zero-order valence-corrected chi connectivity index (χ0v) is 11.0. The van der Waals surface area contributed by atoms with E-state index < -0.39 is 12.0 Å². The zero-order valence-electron chi connectivity index (χ0n) is 10.3. The Morgan fingerprint density at radius 2 is 2.11 bits per heavy atom. The molecular weight excluding hydrogens is 256 g/mol. The number of halogens is 1. The molecule has 1 rings (SSSR count). The first kappa shape index (κ1) is 14.5. The van der Waals surface area contributed by atoms with Crippen LogP contribution in [0.4, 0.5) is 4.79 Å². The average Bonchev–Trinajstić information content (AvgIpc) is 2.36. The number of ether oxygens (including phenoxy) is 1. The molecule has 0 spiro atoms. The number of quaternary nitrogens is 1. The van der Waals surface area contributed by atoms with Gasteiger partial charge in [-0.2, -0.15) is 0 Å². The van der Waals surface area contributed by atoms with Gasteiger partial charge >= 0.3 is 6.09 Å². The van der Waals surface area contributed by atoms with Gasteiger partial charge in [-0.1, -0.05) is 29.8 Å². The summed E-state index contributed by atoms with van der Waals surface area (Å²) in [6, 6.07) is 7.47. The van der Waals surface area contributed by atoms with Crippen LogP contribution in [0.25, 0.3) is 0 Å². The van der Waals surface area contributed by atoms with Crippen molar-refractivity contribution in [2.75, 3.05) is 13.7 Å². The lowest BCUT2D eigenvalue weighted by Gasteiger charge is -2.12. The van der Waals surface area contributed by atoms with Gasteiger partial charge in [0.05, 0.1) is 7.11 Å². The fourth-order valence-corrected chi connectivity index (χ4v) is 1.78. The van der Waals surface area contributed by atoms with Crippen LogP contribution in [0.5, 0.6) is 0 Å². The van der Waals surface area contributed by atoms with Crippen LogP contribution >= 0.6 is 11.6 Å². The molecule has 0 radical (unpaired) electrons. The SMILES string of the molecule is COC(=O)NC(=O)C[NH2+][C@@H](C)c1ccccc1Cl. The van der Waals surface area contributed by atoms with Gasteiger partial charge in [-0.25, -0.2) is 4.79 Å². The van der Waals surface area contributed by atoms with Crippen LogP contribution in [0.15, 0.2) is 24.3 Å². The predicted octanol–water partition coefficient (Wildman–Crippen LogP) is 0.847. The minimum Gasteiger partial charge on any atom is -0.453 e. The molecule has 2 amide bonds. The fourth-order valence-electron chi connectivity index (χ4n) is 1.47.